The number of nitrogens with zero attached hydrogens (tertiary/aromatic N) is 6. The van der Waals surface area contributed by atoms with Gasteiger partial charge < -0.3 is 129 Å². The maximum Gasteiger partial charge on any atom is 0.305 e. The Bertz CT molecular complexity index is 5340. The number of carboxylic acids is 3. The van der Waals surface area contributed by atoms with Crippen LogP contribution in [0.2, 0.25) is 0 Å². The average molecular weight is 1940 g/mol. The summed E-state index contributed by atoms with van der Waals surface area (Å²) < 4.78 is 5.33. The molecule has 748 valence electrons. The van der Waals surface area contributed by atoms with Crippen molar-refractivity contribution in [2.75, 3.05) is 65.9 Å². The minimum atomic E-state index is -2.08. The second kappa shape index (κ2) is 51.8. The number of imidazole rings is 1. The molecule has 45 nitrogen and oxygen atoms in total. The van der Waals surface area contributed by atoms with Crippen LogP contribution in [0.3, 0.4) is 0 Å². The van der Waals surface area contributed by atoms with Crippen LogP contribution in [0.4, 0.5) is 0 Å². The van der Waals surface area contributed by atoms with Gasteiger partial charge in [0.1, 0.15) is 90.3 Å². The highest BCUT2D eigenvalue weighted by molar-refractivity contribution is 8.00. The summed E-state index contributed by atoms with van der Waals surface area (Å²) in [7, 11) is 5.14. The monoisotopic (exact) mass is 1940 g/mol. The van der Waals surface area contributed by atoms with E-state index in [1.807, 2.05) is 0 Å². The Morgan fingerprint density at radius 2 is 1.05 bits per heavy atom. The second-order valence-corrected chi connectivity index (χ2v) is 35.6. The van der Waals surface area contributed by atoms with Crippen molar-refractivity contribution >= 4 is 146 Å². The Labute approximate surface area is 799 Å². The number of nitrogens with two attached hydrogens (primary N) is 2. The molecule has 21 N–H and O–H groups in total. The van der Waals surface area contributed by atoms with Gasteiger partial charge >= 0.3 is 17.9 Å². The molecule has 3 aromatic carbocycles. The number of benzene rings is 3. The van der Waals surface area contributed by atoms with Gasteiger partial charge in [-0.25, -0.2) is 4.98 Å². The Morgan fingerprint density at radius 3 is 1.64 bits per heavy atom. The lowest BCUT2D eigenvalue weighted by atomic mass is 9.99. The fraction of sp³-hybridized carbons (Fsp3) is 0.522. The zero-order chi connectivity index (χ0) is 101. The minimum absolute atomic E-state index is 0.0717. The summed E-state index contributed by atoms with van der Waals surface area (Å²) in [5.74, 6) is -21.8. The van der Waals surface area contributed by atoms with E-state index in [9.17, 15) is 73.2 Å². The molecule has 9 rings (SSSR count). The lowest BCUT2D eigenvalue weighted by Gasteiger charge is -2.36. The van der Waals surface area contributed by atoms with Crippen LogP contribution in [-0.4, -0.2) is 334 Å². The number of methoxy groups -OCH3 is 1. The van der Waals surface area contributed by atoms with E-state index in [4.69, 9.17) is 16.2 Å². The number of H-pyrrole nitrogens is 3. The maximum absolute atomic E-state index is 15.8. The van der Waals surface area contributed by atoms with E-state index in [1.54, 1.807) is 99.0 Å². The predicted molar refractivity (Wildman–Crippen MR) is 499 cm³/mol. The number of nitrogens with one attached hydrogen (secondary N) is 13. The Morgan fingerprint density at radius 1 is 0.522 bits per heavy atom. The molecule has 0 unspecified atom stereocenters. The molecule has 3 aliphatic heterocycles. The first-order valence-corrected chi connectivity index (χ1v) is 47.0. The highest BCUT2D eigenvalue weighted by atomic mass is 32.2. The van der Waals surface area contributed by atoms with Crippen molar-refractivity contribution in [3.8, 4) is 5.75 Å². The summed E-state index contributed by atoms with van der Waals surface area (Å²) in [6.07, 6.45) is 0.385. The third-order valence-corrected chi connectivity index (χ3v) is 25.7. The molecule has 6 aromatic rings. The molecule has 0 bridgehead atoms. The molecule has 0 saturated carbocycles. The SMILES string of the molecule is CCCC[C@H]1C(=O)N(C)[C@@H](CCCC)C(=O)N[C@@H](CCC(=O)O)C(=O)N[C@H](C(=O)NCC(N)=O)CSCC(=O)N[C@@H](Cc2ccc(OC)cc2)C(=O)N(C)[C@@H](C)C(=O)N[C@@H](CC(=O)O)C(=O)N2CCC[C@H]2C(=O)N[C@@H](Cc2cnc[nH]2)C(=O)N[C@@H](CCCCN)C(=O)N2C[C@H](O)C[C@H]2C(=O)N[C@@H](Cc2c[nH]c3ccccc23)C(=O)N[C@@H](CC(=O)O)C(=O)N[C@@H](Cc2c[nH]c3ccccc23)C(=O)N1C. The molecule has 3 saturated heterocycles. The average Bonchev–Trinajstić information content (AvgIpc) is 1.62. The number of para-hydroxylation sites is 2. The van der Waals surface area contributed by atoms with Crippen LogP contribution in [0, 0.1) is 0 Å². The van der Waals surface area contributed by atoms with Crippen LogP contribution in [0.5, 0.6) is 5.75 Å². The number of hydrogen-bond donors (Lipinski definition) is 19. The van der Waals surface area contributed by atoms with Crippen molar-refractivity contribution in [3.05, 3.63) is 120 Å². The first-order chi connectivity index (χ1) is 65.8. The van der Waals surface area contributed by atoms with Crippen LogP contribution in [0.15, 0.2) is 97.7 Å². The molecule has 3 aliphatic rings. The Hall–Kier alpha value is -14.1. The number of carboxylic acid groups (broad SMARTS) is 3. The van der Waals surface area contributed by atoms with Crippen LogP contribution < -0.4 is 69.4 Å². The molecule has 0 spiro atoms. The summed E-state index contributed by atoms with van der Waals surface area (Å²) in [5.41, 5.74) is 14.1. The molecule has 138 heavy (non-hydrogen) atoms. The van der Waals surface area contributed by atoms with Gasteiger partial charge in [-0.05, 0) is 106 Å². The molecule has 3 fully saturated rings. The number of carbonyl (C=O) groups excluding carboxylic acids is 16. The smallest absolute Gasteiger partial charge is 0.305 e. The van der Waals surface area contributed by atoms with E-state index >= 15 is 38.4 Å². The normalized spacial score (nSPS) is 24.4. The molecule has 6 heterocycles. The zero-order valence-electron chi connectivity index (χ0n) is 78.0. The van der Waals surface area contributed by atoms with Crippen molar-refractivity contribution in [2.24, 2.45) is 11.5 Å². The molecule has 15 atom stereocenters. The van der Waals surface area contributed by atoms with Gasteiger partial charge in [0.2, 0.25) is 94.5 Å². The number of primary amides is 1. The second-order valence-electron chi connectivity index (χ2n) is 34.6. The van der Waals surface area contributed by atoms with Crippen LogP contribution in [0.1, 0.15) is 146 Å². The molecular weight excluding hydrogens is 1820 g/mol. The molecule has 0 aliphatic carbocycles. The van der Waals surface area contributed by atoms with Crippen LogP contribution in [-0.2, 0) is 117 Å². The Balaban J connectivity index is 1.12. The van der Waals surface area contributed by atoms with Gasteiger partial charge in [-0.1, -0.05) is 88.1 Å². The third kappa shape index (κ3) is 30.0. The Kier molecular flexibility index (Phi) is 40.4. The predicted octanol–water partition coefficient (Wildman–Crippen LogP) is -1.86. The van der Waals surface area contributed by atoms with Gasteiger partial charge in [0.25, 0.3) is 0 Å². The summed E-state index contributed by atoms with van der Waals surface area (Å²) in [4.78, 5) is 294. The van der Waals surface area contributed by atoms with Gasteiger partial charge in [0.05, 0.1) is 44.7 Å². The van der Waals surface area contributed by atoms with Gasteiger partial charge in [-0.15, -0.1) is 11.8 Å². The van der Waals surface area contributed by atoms with E-state index in [0.717, 1.165) is 24.5 Å². The van der Waals surface area contributed by atoms with E-state index < -0.39 is 266 Å². The summed E-state index contributed by atoms with van der Waals surface area (Å²) in [6, 6.07) is -3.33. The zero-order valence-corrected chi connectivity index (χ0v) is 78.8. The minimum Gasteiger partial charge on any atom is -0.497 e. The number of likely N-dealkylation sites (N-methyl/N-ethyl adjacent to an activating group) is 3. The first-order valence-electron chi connectivity index (χ1n) is 45.8. The molecule has 0 radical (unpaired) electrons. The van der Waals surface area contributed by atoms with Crippen LogP contribution in [0.25, 0.3) is 21.8 Å². The first kappa shape index (κ1) is 108. The molecule has 46 heteroatoms. The fourth-order valence-corrected chi connectivity index (χ4v) is 17.7. The number of unbranched alkanes of at least 4 members (excludes halogenated alkanes) is 3. The van der Waals surface area contributed by atoms with Crippen molar-refractivity contribution < 1.29 is 116 Å². The standard InChI is InChI=1S/C92H125N21O24S/c1-8-10-24-70-85(129)101-61(31-32-76(117)118)81(125)108-69(80(124)98-45-74(94)115)47-138-48-75(116)100-66(35-51-27-29-56(137-7)30-28-51)88(132)109(4)50(3)79(123)106-68(41-78(121)122)91(135)112-34-18-26-71(112)86(130)105-64(38-54-44-95-49-99-54)83(127)102-62(23-16-17-33-93)90(134)113-46-55(114)39-73(113)87(131)104-63(36-52-42-96-59-21-14-12-19-57(52)59)82(126)103-65(40-77(119)120)84(128)107-67(37-53-43-97-60-22-15-13-20-58(53)60)89(133)111(6)72(25-11-9-2)92(136)110(70)5/h12-15,19-22,27-30,42-44,49-50,55,61-73,96-97,114H,8-11,16-18,23-26,31-41,45-48,93H2,1-7H3,(H2,94,115)(H,95,99)(H,98,124)(H,100,116)(H,101,129)(H,102,127)(H,103,126)(H,104,131)(H,105,130)(H,106,123)(H,107,128)(H,108,125)(H,117,118)(H,119,120)(H,121,122)/t50-,55+,61-,62-,63-,64-,65-,66-,67-,68-,69-,70-,71-,72-,73-/m0/s1. The van der Waals surface area contributed by atoms with Crippen molar-refractivity contribution in [1.82, 2.24) is 97.6 Å². The van der Waals surface area contributed by atoms with Crippen LogP contribution >= 0.6 is 11.8 Å². The van der Waals surface area contributed by atoms with E-state index in [2.05, 4.69) is 73.1 Å². The number of ether oxygens (including phenoxy) is 1. The molecule has 3 aromatic heterocycles. The summed E-state index contributed by atoms with van der Waals surface area (Å²) in [5, 5.41) is 69.3. The number of thioether (sulfide) groups is 1. The number of carbonyl (C=O) groups is 19. The number of fused-ring (bicyclic) bond motifs is 4. The molecular formula is C92H125N21O24S. The van der Waals surface area contributed by atoms with E-state index in [1.165, 1.54) is 47.7 Å². The number of aromatic amines is 3. The van der Waals surface area contributed by atoms with Gasteiger partial charge in [0, 0.05) is 125 Å². The number of aliphatic carboxylic acids is 3. The van der Waals surface area contributed by atoms with Gasteiger partial charge in [0.15, 0.2) is 0 Å². The summed E-state index contributed by atoms with van der Waals surface area (Å²) >= 11 is 0.704. The third-order valence-electron chi connectivity index (χ3n) is 24.6. The fourth-order valence-electron chi connectivity index (χ4n) is 16.9. The van der Waals surface area contributed by atoms with Crippen molar-refractivity contribution in [3.63, 3.8) is 0 Å². The van der Waals surface area contributed by atoms with E-state index in [-0.39, 0.29) is 89.4 Å². The highest BCUT2D eigenvalue weighted by Crippen LogP contribution is 2.28. The lowest BCUT2D eigenvalue weighted by Crippen LogP contribution is -2.61. The number of amides is 16. The quantitative estimate of drug-likeness (QED) is 0.0229. The number of hydrogen-bond acceptors (Lipinski definition) is 24. The number of rotatable bonds is 29. The molecule has 16 amide bonds. The van der Waals surface area contributed by atoms with Gasteiger partial charge in [-0.3, -0.25) is 91.1 Å². The largest absolute Gasteiger partial charge is 0.497 e. The topological polar surface area (TPSA) is 663 Å². The van der Waals surface area contributed by atoms with Gasteiger partial charge in [-0.2, -0.15) is 0 Å². The highest BCUT2D eigenvalue weighted by Gasteiger charge is 2.47. The summed E-state index contributed by atoms with van der Waals surface area (Å²) in [6.45, 7) is 3.44. The number of aliphatic hydroxyl groups is 1. The maximum atomic E-state index is 15.8. The number of aliphatic hydroxyl groups excluding tert-OH is 1. The lowest BCUT2D eigenvalue weighted by molar-refractivity contribution is -0.149. The number of aromatic nitrogens is 4. The van der Waals surface area contributed by atoms with E-state index in [0.29, 0.717) is 75.3 Å². The van der Waals surface area contributed by atoms with Crippen molar-refractivity contribution in [1.29, 1.82) is 0 Å². The van der Waals surface area contributed by atoms with Crippen molar-refractivity contribution in [2.45, 2.75) is 240 Å².